The first-order valence-corrected chi connectivity index (χ1v) is 7.83. The van der Waals surface area contributed by atoms with Crippen LogP contribution in [0.3, 0.4) is 0 Å². The molecule has 1 atom stereocenters. The molecule has 1 aromatic heterocycles. The first-order chi connectivity index (χ1) is 9.34. The molecular formula is C17H28N2O. The number of nitrogens with zero attached hydrogens (tertiary/aromatic N) is 1. The lowest BCUT2D eigenvalue weighted by Crippen LogP contribution is -2.34. The molecule has 3 nitrogen and oxygen atoms in total. The van der Waals surface area contributed by atoms with Crippen molar-refractivity contribution in [3.8, 4) is 0 Å². The molecule has 1 fully saturated rings. The maximum atomic E-state index is 12.7. The van der Waals surface area contributed by atoms with Gasteiger partial charge < -0.3 is 9.88 Å². The van der Waals surface area contributed by atoms with Crippen molar-refractivity contribution in [3.63, 3.8) is 0 Å². The number of pyridine rings is 1. The van der Waals surface area contributed by atoms with E-state index in [0.717, 1.165) is 30.5 Å². The zero-order valence-electron chi connectivity index (χ0n) is 13.5. The van der Waals surface area contributed by atoms with Crippen LogP contribution in [0.1, 0.15) is 71.2 Å². The molecule has 1 heterocycles. The van der Waals surface area contributed by atoms with Crippen molar-refractivity contribution in [2.24, 2.45) is 0 Å². The Morgan fingerprint density at radius 2 is 2.00 bits per heavy atom. The van der Waals surface area contributed by atoms with E-state index < -0.39 is 0 Å². The first-order valence-electron chi connectivity index (χ1n) is 7.83. The van der Waals surface area contributed by atoms with Gasteiger partial charge in [0.05, 0.1) is 0 Å². The van der Waals surface area contributed by atoms with Crippen LogP contribution in [0.2, 0.25) is 0 Å². The SMILES string of the molecule is CCC(C)NCc1ccc(C(C)(C)C)n(C2CC2)c1=O. The van der Waals surface area contributed by atoms with Gasteiger partial charge in [-0.15, -0.1) is 0 Å². The van der Waals surface area contributed by atoms with E-state index in [2.05, 4.69) is 46.0 Å². The van der Waals surface area contributed by atoms with Crippen molar-refractivity contribution >= 4 is 0 Å². The highest BCUT2D eigenvalue weighted by Gasteiger charge is 2.30. The smallest absolute Gasteiger partial charge is 0.255 e. The molecule has 0 aliphatic heterocycles. The molecule has 1 aromatic rings. The second kappa shape index (κ2) is 5.72. The summed E-state index contributed by atoms with van der Waals surface area (Å²) >= 11 is 0. The van der Waals surface area contributed by atoms with E-state index in [-0.39, 0.29) is 11.0 Å². The fraction of sp³-hybridized carbons (Fsp3) is 0.706. The maximum absolute atomic E-state index is 12.7. The van der Waals surface area contributed by atoms with Crippen LogP contribution >= 0.6 is 0 Å². The maximum Gasteiger partial charge on any atom is 0.255 e. The normalized spacial score (nSPS) is 17.2. The molecule has 2 rings (SSSR count). The molecule has 0 spiro atoms. The van der Waals surface area contributed by atoms with Crippen LogP contribution in [0, 0.1) is 0 Å². The molecule has 0 radical (unpaired) electrons. The Morgan fingerprint density at radius 3 is 2.50 bits per heavy atom. The number of aromatic nitrogens is 1. The van der Waals surface area contributed by atoms with E-state index in [1.165, 1.54) is 0 Å². The average molecular weight is 276 g/mol. The summed E-state index contributed by atoms with van der Waals surface area (Å²) in [6.07, 6.45) is 3.37. The van der Waals surface area contributed by atoms with Crippen molar-refractivity contribution in [2.45, 2.75) is 77.9 Å². The Morgan fingerprint density at radius 1 is 1.35 bits per heavy atom. The largest absolute Gasteiger partial charge is 0.310 e. The van der Waals surface area contributed by atoms with Crippen molar-refractivity contribution in [1.29, 1.82) is 0 Å². The lowest BCUT2D eigenvalue weighted by atomic mass is 9.90. The fourth-order valence-corrected chi connectivity index (χ4v) is 2.46. The molecule has 1 aliphatic carbocycles. The summed E-state index contributed by atoms with van der Waals surface area (Å²) < 4.78 is 2.05. The zero-order chi connectivity index (χ0) is 14.9. The van der Waals surface area contributed by atoms with Crippen molar-refractivity contribution < 1.29 is 0 Å². The molecule has 0 saturated heterocycles. The lowest BCUT2D eigenvalue weighted by molar-refractivity contribution is 0.495. The van der Waals surface area contributed by atoms with Crippen molar-refractivity contribution in [3.05, 3.63) is 33.7 Å². The molecule has 1 N–H and O–H groups in total. The van der Waals surface area contributed by atoms with Gasteiger partial charge in [0.25, 0.3) is 5.56 Å². The van der Waals surface area contributed by atoms with Gasteiger partial charge in [-0.1, -0.05) is 33.8 Å². The van der Waals surface area contributed by atoms with Gasteiger partial charge in [-0.25, -0.2) is 0 Å². The minimum absolute atomic E-state index is 0.0183. The fourth-order valence-electron chi connectivity index (χ4n) is 2.46. The number of rotatable bonds is 5. The van der Waals surface area contributed by atoms with Gasteiger partial charge in [-0.2, -0.15) is 0 Å². The molecular weight excluding hydrogens is 248 g/mol. The molecule has 0 bridgehead atoms. The lowest BCUT2D eigenvalue weighted by Gasteiger charge is -2.25. The van der Waals surface area contributed by atoms with E-state index in [4.69, 9.17) is 0 Å². The monoisotopic (exact) mass is 276 g/mol. The van der Waals surface area contributed by atoms with Gasteiger partial charge in [0.1, 0.15) is 0 Å². The van der Waals surface area contributed by atoms with Crippen LogP contribution < -0.4 is 10.9 Å². The topological polar surface area (TPSA) is 34.0 Å². The van der Waals surface area contributed by atoms with Gasteiger partial charge in [0, 0.05) is 35.3 Å². The number of hydrogen-bond acceptors (Lipinski definition) is 2. The summed E-state index contributed by atoms with van der Waals surface area (Å²) in [5.41, 5.74) is 2.28. The third-order valence-corrected chi connectivity index (χ3v) is 4.13. The van der Waals surface area contributed by atoms with Crippen LogP contribution in [0.4, 0.5) is 0 Å². The molecule has 3 heteroatoms. The summed E-state index contributed by atoms with van der Waals surface area (Å²) in [5, 5.41) is 3.42. The molecule has 1 unspecified atom stereocenters. The highest BCUT2D eigenvalue weighted by atomic mass is 16.1. The molecule has 20 heavy (non-hydrogen) atoms. The summed E-state index contributed by atoms with van der Waals surface area (Å²) in [5.74, 6) is 0. The van der Waals surface area contributed by atoms with Crippen molar-refractivity contribution in [2.75, 3.05) is 0 Å². The molecule has 1 aliphatic rings. The second-order valence-corrected chi connectivity index (χ2v) is 7.09. The third kappa shape index (κ3) is 3.32. The summed E-state index contributed by atoms with van der Waals surface area (Å²) in [7, 11) is 0. The highest BCUT2D eigenvalue weighted by molar-refractivity contribution is 5.23. The molecule has 0 amide bonds. The Bertz CT molecular complexity index is 521. The number of hydrogen-bond donors (Lipinski definition) is 1. The third-order valence-electron chi connectivity index (χ3n) is 4.13. The number of nitrogens with one attached hydrogen (secondary N) is 1. The van der Waals surface area contributed by atoms with Crippen molar-refractivity contribution in [1.82, 2.24) is 9.88 Å². The van der Waals surface area contributed by atoms with E-state index >= 15 is 0 Å². The Balaban J connectivity index is 2.33. The highest BCUT2D eigenvalue weighted by Crippen LogP contribution is 2.37. The summed E-state index contributed by atoms with van der Waals surface area (Å²) in [4.78, 5) is 12.7. The van der Waals surface area contributed by atoms with Gasteiger partial charge >= 0.3 is 0 Å². The Labute approximate surface area is 122 Å². The average Bonchev–Trinajstić information content (AvgIpc) is 3.19. The Kier molecular flexibility index (Phi) is 4.38. The van der Waals surface area contributed by atoms with Gasteiger partial charge in [0.2, 0.25) is 0 Å². The Hall–Kier alpha value is -1.09. The van der Waals surface area contributed by atoms with E-state index in [0.29, 0.717) is 18.6 Å². The van der Waals surface area contributed by atoms with Crippen LogP contribution in [-0.4, -0.2) is 10.6 Å². The molecule has 0 aromatic carbocycles. The van der Waals surface area contributed by atoms with Gasteiger partial charge in [-0.05, 0) is 32.3 Å². The quantitative estimate of drug-likeness (QED) is 0.894. The second-order valence-electron chi connectivity index (χ2n) is 7.09. The minimum Gasteiger partial charge on any atom is -0.310 e. The first kappa shape index (κ1) is 15.3. The predicted molar refractivity (Wildman–Crippen MR) is 84.3 cm³/mol. The van der Waals surface area contributed by atoms with E-state index in [9.17, 15) is 4.79 Å². The standard InChI is InChI=1S/C17H28N2O/c1-6-12(2)18-11-13-7-10-15(17(3,4)5)19(16(13)20)14-8-9-14/h7,10,12,14,18H,6,8-9,11H2,1-5H3. The zero-order valence-corrected chi connectivity index (χ0v) is 13.5. The molecule has 112 valence electrons. The summed E-state index contributed by atoms with van der Waals surface area (Å²) in [6, 6.07) is 5.04. The predicted octanol–water partition coefficient (Wildman–Crippen LogP) is 3.37. The van der Waals surface area contributed by atoms with Gasteiger partial charge in [0.15, 0.2) is 0 Å². The van der Waals surface area contributed by atoms with Crippen LogP contribution in [0.5, 0.6) is 0 Å². The van der Waals surface area contributed by atoms with Crippen LogP contribution in [0.15, 0.2) is 16.9 Å². The van der Waals surface area contributed by atoms with E-state index in [1.54, 1.807) is 0 Å². The molecule has 1 saturated carbocycles. The van der Waals surface area contributed by atoms with Crippen LogP contribution in [-0.2, 0) is 12.0 Å². The summed E-state index contributed by atoms with van der Waals surface area (Å²) in [6.45, 7) is 11.5. The van der Waals surface area contributed by atoms with E-state index in [1.807, 2.05) is 10.6 Å². The van der Waals surface area contributed by atoms with Crippen LogP contribution in [0.25, 0.3) is 0 Å². The minimum atomic E-state index is 0.0183. The van der Waals surface area contributed by atoms with Gasteiger partial charge in [-0.3, -0.25) is 4.79 Å².